The van der Waals surface area contributed by atoms with Crippen LogP contribution in [-0.4, -0.2) is 19.1 Å². The third-order valence-corrected chi connectivity index (χ3v) is 3.81. The second-order valence-electron chi connectivity index (χ2n) is 5.44. The maximum atomic E-state index is 5.19. The summed E-state index contributed by atoms with van der Waals surface area (Å²) >= 11 is 0. The molecule has 0 aliphatic rings. The van der Waals surface area contributed by atoms with Crippen LogP contribution in [0.2, 0.25) is 0 Å². The first kappa shape index (κ1) is 15.5. The summed E-state index contributed by atoms with van der Waals surface area (Å²) < 4.78 is 5.19. The molecule has 2 aromatic rings. The highest BCUT2D eigenvalue weighted by molar-refractivity contribution is 5.28. The van der Waals surface area contributed by atoms with Crippen molar-refractivity contribution in [3.63, 3.8) is 0 Å². The van der Waals surface area contributed by atoms with E-state index in [1.54, 1.807) is 7.11 Å². The predicted octanol–water partition coefficient (Wildman–Crippen LogP) is 3.60. The zero-order chi connectivity index (χ0) is 15.2. The molecule has 0 saturated heterocycles. The average Bonchev–Trinajstić information content (AvgIpc) is 2.50. The van der Waals surface area contributed by atoms with E-state index < -0.39 is 0 Å². The molecule has 0 spiro atoms. The van der Waals surface area contributed by atoms with Gasteiger partial charge in [-0.15, -0.1) is 0 Å². The summed E-state index contributed by atoms with van der Waals surface area (Å²) in [5.74, 6) is 0.903. The highest BCUT2D eigenvalue weighted by atomic mass is 16.5. The van der Waals surface area contributed by atoms with Crippen molar-refractivity contribution in [2.45, 2.75) is 32.7 Å². The molecule has 0 fully saturated rings. The Hall–Kier alpha value is -1.87. The Bertz CT molecular complexity index is 578. The lowest BCUT2D eigenvalue weighted by molar-refractivity contribution is 0.414. The van der Waals surface area contributed by atoms with E-state index >= 15 is 0 Å². The third-order valence-electron chi connectivity index (χ3n) is 3.81. The minimum Gasteiger partial charge on any atom is -0.497 e. The SMILES string of the molecule is CNC(CCc1ccc(OC)cc1)c1ncc(C)cc1C. The van der Waals surface area contributed by atoms with Crippen LogP contribution in [-0.2, 0) is 6.42 Å². The number of methoxy groups -OCH3 is 1. The van der Waals surface area contributed by atoms with Crippen LogP contribution in [0, 0.1) is 13.8 Å². The van der Waals surface area contributed by atoms with Gasteiger partial charge in [0.1, 0.15) is 5.75 Å². The van der Waals surface area contributed by atoms with E-state index in [0.29, 0.717) is 0 Å². The van der Waals surface area contributed by atoms with Crippen LogP contribution in [0.15, 0.2) is 36.5 Å². The van der Waals surface area contributed by atoms with Crippen molar-refractivity contribution in [1.29, 1.82) is 0 Å². The normalized spacial score (nSPS) is 12.2. The summed E-state index contributed by atoms with van der Waals surface area (Å²) in [6, 6.07) is 10.8. The Morgan fingerprint density at radius 2 is 1.90 bits per heavy atom. The second-order valence-corrected chi connectivity index (χ2v) is 5.44. The van der Waals surface area contributed by atoms with Gasteiger partial charge in [-0.25, -0.2) is 0 Å². The average molecular weight is 284 g/mol. The molecule has 21 heavy (non-hydrogen) atoms. The molecule has 1 N–H and O–H groups in total. The van der Waals surface area contributed by atoms with Gasteiger partial charge < -0.3 is 10.1 Å². The number of nitrogens with zero attached hydrogens (tertiary/aromatic N) is 1. The standard InChI is InChI=1S/C18H24N2O/c1-13-11-14(2)18(20-12-13)17(19-3)10-7-15-5-8-16(21-4)9-6-15/h5-6,8-9,11-12,17,19H,7,10H2,1-4H3. The molecule has 1 aromatic carbocycles. The summed E-state index contributed by atoms with van der Waals surface area (Å²) in [6.07, 6.45) is 3.99. The number of rotatable bonds is 6. The number of aryl methyl sites for hydroxylation is 3. The van der Waals surface area contributed by atoms with Gasteiger partial charge in [-0.3, -0.25) is 4.98 Å². The molecule has 0 bridgehead atoms. The summed E-state index contributed by atoms with van der Waals surface area (Å²) in [6.45, 7) is 4.21. The van der Waals surface area contributed by atoms with E-state index in [0.717, 1.165) is 24.3 Å². The lowest BCUT2D eigenvalue weighted by atomic mass is 9.99. The number of pyridine rings is 1. The van der Waals surface area contributed by atoms with Crippen LogP contribution in [0.5, 0.6) is 5.75 Å². The highest BCUT2D eigenvalue weighted by Crippen LogP contribution is 2.21. The van der Waals surface area contributed by atoms with E-state index in [1.165, 1.54) is 16.7 Å². The number of benzene rings is 1. The van der Waals surface area contributed by atoms with Gasteiger partial charge in [0.2, 0.25) is 0 Å². The summed E-state index contributed by atoms with van der Waals surface area (Å²) in [5, 5.41) is 3.38. The van der Waals surface area contributed by atoms with Gasteiger partial charge in [0, 0.05) is 12.2 Å². The molecule has 0 radical (unpaired) electrons. The van der Waals surface area contributed by atoms with Crippen molar-refractivity contribution in [2.24, 2.45) is 0 Å². The number of nitrogens with one attached hydrogen (secondary N) is 1. The molecule has 3 nitrogen and oxygen atoms in total. The molecule has 3 heteroatoms. The number of hydrogen-bond donors (Lipinski definition) is 1. The van der Waals surface area contributed by atoms with E-state index in [9.17, 15) is 0 Å². The smallest absolute Gasteiger partial charge is 0.118 e. The first-order chi connectivity index (χ1) is 10.1. The topological polar surface area (TPSA) is 34.1 Å². The molecular weight excluding hydrogens is 260 g/mol. The zero-order valence-electron chi connectivity index (χ0n) is 13.3. The fourth-order valence-electron chi connectivity index (χ4n) is 2.61. The second kappa shape index (κ2) is 7.23. The molecule has 0 amide bonds. The van der Waals surface area contributed by atoms with Gasteiger partial charge in [-0.1, -0.05) is 18.2 Å². The Morgan fingerprint density at radius 3 is 2.48 bits per heavy atom. The Kier molecular flexibility index (Phi) is 5.34. The number of ether oxygens (including phenoxy) is 1. The number of hydrogen-bond acceptors (Lipinski definition) is 3. The Labute approximate surface area is 127 Å². The van der Waals surface area contributed by atoms with E-state index in [1.807, 2.05) is 25.4 Å². The van der Waals surface area contributed by atoms with Gasteiger partial charge in [-0.2, -0.15) is 0 Å². The minimum absolute atomic E-state index is 0.285. The van der Waals surface area contributed by atoms with Crippen molar-refractivity contribution >= 4 is 0 Å². The lowest BCUT2D eigenvalue weighted by Crippen LogP contribution is -2.19. The van der Waals surface area contributed by atoms with Crippen molar-refractivity contribution < 1.29 is 4.74 Å². The lowest BCUT2D eigenvalue weighted by Gasteiger charge is -2.18. The summed E-state index contributed by atoms with van der Waals surface area (Å²) in [4.78, 5) is 4.61. The van der Waals surface area contributed by atoms with Gasteiger partial charge in [0.15, 0.2) is 0 Å². The molecular formula is C18H24N2O. The fraction of sp³-hybridized carbons (Fsp3) is 0.389. The van der Waals surface area contributed by atoms with Crippen molar-refractivity contribution in [3.8, 4) is 5.75 Å². The summed E-state index contributed by atoms with van der Waals surface area (Å²) in [5.41, 5.74) is 4.93. The predicted molar refractivity (Wildman–Crippen MR) is 86.8 cm³/mol. The maximum Gasteiger partial charge on any atom is 0.118 e. The molecule has 0 saturated carbocycles. The molecule has 0 aliphatic heterocycles. The summed E-state index contributed by atoms with van der Waals surface area (Å²) in [7, 11) is 3.69. The minimum atomic E-state index is 0.285. The zero-order valence-corrected chi connectivity index (χ0v) is 13.3. The van der Waals surface area contributed by atoms with E-state index in [4.69, 9.17) is 4.74 Å². The van der Waals surface area contributed by atoms with Crippen molar-refractivity contribution in [3.05, 3.63) is 58.9 Å². The molecule has 1 aromatic heterocycles. The van der Waals surface area contributed by atoms with Crippen LogP contribution < -0.4 is 10.1 Å². The fourth-order valence-corrected chi connectivity index (χ4v) is 2.61. The van der Waals surface area contributed by atoms with Crippen LogP contribution in [0.25, 0.3) is 0 Å². The first-order valence-electron chi connectivity index (χ1n) is 7.37. The number of aromatic nitrogens is 1. The van der Waals surface area contributed by atoms with Crippen LogP contribution in [0.3, 0.4) is 0 Å². The first-order valence-corrected chi connectivity index (χ1v) is 7.37. The molecule has 0 aliphatic carbocycles. The Morgan fingerprint density at radius 1 is 1.19 bits per heavy atom. The van der Waals surface area contributed by atoms with E-state index in [-0.39, 0.29) is 6.04 Å². The maximum absolute atomic E-state index is 5.19. The molecule has 2 rings (SSSR count). The molecule has 112 valence electrons. The van der Waals surface area contributed by atoms with Crippen molar-refractivity contribution in [2.75, 3.05) is 14.2 Å². The quantitative estimate of drug-likeness (QED) is 0.880. The monoisotopic (exact) mass is 284 g/mol. The van der Waals surface area contributed by atoms with Gasteiger partial charge in [0.05, 0.1) is 12.8 Å². The van der Waals surface area contributed by atoms with Crippen LogP contribution in [0.1, 0.15) is 34.8 Å². The molecule has 1 heterocycles. The third kappa shape index (κ3) is 4.05. The van der Waals surface area contributed by atoms with Crippen LogP contribution >= 0.6 is 0 Å². The van der Waals surface area contributed by atoms with E-state index in [2.05, 4.69) is 42.3 Å². The van der Waals surface area contributed by atoms with Gasteiger partial charge >= 0.3 is 0 Å². The largest absolute Gasteiger partial charge is 0.497 e. The highest BCUT2D eigenvalue weighted by Gasteiger charge is 2.13. The molecule has 1 atom stereocenters. The van der Waals surface area contributed by atoms with Gasteiger partial charge in [0.25, 0.3) is 0 Å². The van der Waals surface area contributed by atoms with Gasteiger partial charge in [-0.05, 0) is 62.6 Å². The Balaban J connectivity index is 2.04. The van der Waals surface area contributed by atoms with Crippen LogP contribution in [0.4, 0.5) is 0 Å². The van der Waals surface area contributed by atoms with Crippen molar-refractivity contribution in [1.82, 2.24) is 10.3 Å². The molecule has 1 unspecified atom stereocenters.